The number of rotatable bonds is 12. The van der Waals surface area contributed by atoms with Gasteiger partial charge < -0.3 is 4.74 Å². The molecule has 1 nitrogen and oxygen atoms in total. The highest BCUT2D eigenvalue weighted by Gasteiger charge is 2.60. The lowest BCUT2D eigenvalue weighted by Crippen LogP contribution is -1.98. The van der Waals surface area contributed by atoms with Gasteiger partial charge in [0.2, 0.25) is 0 Å². The summed E-state index contributed by atoms with van der Waals surface area (Å²) in [6, 6.07) is 0. The molecule has 0 rings (SSSR count). The third-order valence-corrected chi connectivity index (χ3v) is 3.32. The molecule has 0 aliphatic carbocycles. The van der Waals surface area contributed by atoms with Gasteiger partial charge in [-0.3, -0.25) is 0 Å². The van der Waals surface area contributed by atoms with Crippen LogP contribution in [0.15, 0.2) is 11.5 Å². The maximum Gasteiger partial charge on any atom is 0.304 e. The van der Waals surface area contributed by atoms with E-state index in [0.717, 1.165) is 51.7 Å². The molecule has 0 heterocycles. The van der Waals surface area contributed by atoms with Crippen LogP contribution in [-0.2, 0) is 4.74 Å². The van der Waals surface area contributed by atoms with E-state index in [2.05, 4.69) is 0 Å². The van der Waals surface area contributed by atoms with Gasteiger partial charge in [0.05, 0.1) is 5.41 Å². The lowest BCUT2D eigenvalue weighted by Gasteiger charge is -2.36. The SMILES string of the molecule is CCCOCCCCCCCC/C=C/S(F)(F)(F)(F)F. The molecular formula is C13H25F5OS. The predicted molar refractivity (Wildman–Crippen MR) is 75.7 cm³/mol. The van der Waals surface area contributed by atoms with E-state index < -0.39 is 15.6 Å². The Balaban J connectivity index is 3.41. The van der Waals surface area contributed by atoms with Crippen LogP contribution >= 0.6 is 10.2 Å². The second kappa shape index (κ2) is 7.64. The molecule has 0 spiro atoms. The van der Waals surface area contributed by atoms with Crippen LogP contribution in [0.3, 0.4) is 0 Å². The molecule has 0 amide bonds. The van der Waals surface area contributed by atoms with Gasteiger partial charge >= 0.3 is 10.2 Å². The number of allylic oxidation sites excluding steroid dienone is 1. The second-order valence-corrected chi connectivity index (χ2v) is 7.25. The van der Waals surface area contributed by atoms with Gasteiger partial charge in [0.15, 0.2) is 0 Å². The van der Waals surface area contributed by atoms with Crippen LogP contribution in [0.25, 0.3) is 0 Å². The summed E-state index contributed by atoms with van der Waals surface area (Å²) in [6.45, 7) is 3.57. The molecule has 20 heavy (non-hydrogen) atoms. The number of unbranched alkanes of at least 4 members (excludes halogenated alkanes) is 6. The highest BCUT2D eigenvalue weighted by molar-refractivity contribution is 8.48. The van der Waals surface area contributed by atoms with E-state index in [1.165, 1.54) is 0 Å². The molecule has 0 atom stereocenters. The molecule has 0 N–H and O–H groups in total. The lowest BCUT2D eigenvalue weighted by molar-refractivity contribution is 0.130. The molecule has 0 aromatic heterocycles. The molecule has 0 radical (unpaired) electrons. The summed E-state index contributed by atoms with van der Waals surface area (Å²) in [4.78, 5) is 0. The van der Waals surface area contributed by atoms with Gasteiger partial charge in [-0.2, -0.15) is 0 Å². The number of hydrogen-bond donors (Lipinski definition) is 0. The molecule has 0 bridgehead atoms. The van der Waals surface area contributed by atoms with Crippen molar-refractivity contribution in [2.75, 3.05) is 13.2 Å². The van der Waals surface area contributed by atoms with E-state index >= 15 is 0 Å². The van der Waals surface area contributed by atoms with Crippen LogP contribution in [0.1, 0.15) is 58.3 Å². The van der Waals surface area contributed by atoms with Crippen LogP contribution < -0.4 is 0 Å². The molecule has 0 saturated heterocycles. The Hall–Kier alpha value is -0.300. The largest absolute Gasteiger partial charge is 0.381 e. The summed E-state index contributed by atoms with van der Waals surface area (Å²) in [5.41, 5.74) is 0. The van der Waals surface area contributed by atoms with Crippen LogP contribution in [0, 0.1) is 0 Å². The van der Waals surface area contributed by atoms with Gasteiger partial charge in [-0.05, 0) is 25.7 Å². The predicted octanol–water partition coefficient (Wildman–Crippen LogP) is 6.96. The normalized spacial score (nSPS) is 16.3. The van der Waals surface area contributed by atoms with Gasteiger partial charge in [-0.1, -0.05) is 58.1 Å². The Morgan fingerprint density at radius 1 is 0.800 bits per heavy atom. The van der Waals surface area contributed by atoms with E-state index in [9.17, 15) is 19.4 Å². The second-order valence-electron chi connectivity index (χ2n) is 4.92. The third-order valence-electron chi connectivity index (χ3n) is 2.61. The maximum absolute atomic E-state index is 11.9. The standard InChI is InChI=1S/C13H25F5OS/c1-2-11-19-12-9-7-5-3-4-6-8-10-13-20(14,15,16,17)18/h10,13H,2-9,11-12H2,1H3/b13-10+. The summed E-state index contributed by atoms with van der Waals surface area (Å²) in [5, 5.41) is -0.842. The Labute approximate surface area is 118 Å². The quantitative estimate of drug-likeness (QED) is 0.278. The fourth-order valence-corrected chi connectivity index (χ4v) is 2.17. The summed E-state index contributed by atoms with van der Waals surface area (Å²) in [7, 11) is -9.34. The van der Waals surface area contributed by atoms with E-state index in [0.29, 0.717) is 12.5 Å². The van der Waals surface area contributed by atoms with Gasteiger partial charge in [0, 0.05) is 13.2 Å². The van der Waals surface area contributed by atoms with Crippen LogP contribution in [0.5, 0.6) is 0 Å². The van der Waals surface area contributed by atoms with Crippen molar-refractivity contribution in [3.63, 3.8) is 0 Å². The van der Waals surface area contributed by atoms with Crippen molar-refractivity contribution >= 4 is 10.2 Å². The highest BCUT2D eigenvalue weighted by atomic mass is 32.5. The molecule has 0 fully saturated rings. The zero-order valence-corrected chi connectivity index (χ0v) is 12.7. The van der Waals surface area contributed by atoms with Gasteiger partial charge in [0.25, 0.3) is 0 Å². The first kappa shape index (κ1) is 19.7. The molecule has 0 saturated carbocycles. The first-order valence-corrected chi connectivity index (χ1v) is 9.05. The van der Waals surface area contributed by atoms with Crippen LogP contribution in [0.2, 0.25) is 0 Å². The average molecular weight is 324 g/mol. The summed E-state index contributed by atoms with van der Waals surface area (Å²) < 4.78 is 64.9. The van der Waals surface area contributed by atoms with Crippen molar-refractivity contribution in [1.29, 1.82) is 0 Å². The van der Waals surface area contributed by atoms with E-state index in [-0.39, 0.29) is 6.42 Å². The Bertz CT molecular complexity index is 285. The molecule has 124 valence electrons. The minimum atomic E-state index is -9.34. The summed E-state index contributed by atoms with van der Waals surface area (Å²) in [6.07, 6.45) is 6.81. The minimum Gasteiger partial charge on any atom is -0.381 e. The van der Waals surface area contributed by atoms with Crippen molar-refractivity contribution in [3.8, 4) is 0 Å². The van der Waals surface area contributed by atoms with E-state index in [4.69, 9.17) is 4.74 Å². The molecule has 7 heteroatoms. The average Bonchev–Trinajstić information content (AvgIpc) is 2.27. The van der Waals surface area contributed by atoms with Crippen molar-refractivity contribution in [2.24, 2.45) is 0 Å². The van der Waals surface area contributed by atoms with Crippen LogP contribution in [0.4, 0.5) is 19.4 Å². The minimum absolute atomic E-state index is 0.0468. The molecule has 0 aromatic rings. The molecular weight excluding hydrogens is 299 g/mol. The molecule has 0 unspecified atom stereocenters. The maximum atomic E-state index is 11.9. The molecule has 0 aliphatic heterocycles. The Kier molecular flexibility index (Phi) is 7.52. The fourth-order valence-electron chi connectivity index (χ4n) is 1.67. The van der Waals surface area contributed by atoms with Crippen molar-refractivity contribution in [3.05, 3.63) is 11.5 Å². The number of halogens is 5. The molecule has 0 aromatic carbocycles. The zero-order valence-electron chi connectivity index (χ0n) is 11.9. The van der Waals surface area contributed by atoms with Crippen molar-refractivity contribution in [1.82, 2.24) is 0 Å². The highest BCUT2D eigenvalue weighted by Crippen LogP contribution is 2.98. The van der Waals surface area contributed by atoms with E-state index in [1.807, 2.05) is 6.92 Å². The number of ether oxygens (including phenoxy) is 1. The lowest BCUT2D eigenvalue weighted by atomic mass is 10.1. The van der Waals surface area contributed by atoms with Gasteiger partial charge in [-0.15, -0.1) is 0 Å². The fraction of sp³-hybridized carbons (Fsp3) is 0.846. The first-order chi connectivity index (χ1) is 9.04. The van der Waals surface area contributed by atoms with E-state index in [1.54, 1.807) is 0 Å². The topological polar surface area (TPSA) is 9.23 Å². The first-order valence-electron chi connectivity index (χ1n) is 7.03. The number of hydrogen-bond acceptors (Lipinski definition) is 1. The Morgan fingerprint density at radius 2 is 1.35 bits per heavy atom. The third kappa shape index (κ3) is 17.7. The Morgan fingerprint density at radius 3 is 1.90 bits per heavy atom. The summed E-state index contributed by atoms with van der Waals surface area (Å²) in [5.74, 6) is 0. The zero-order chi connectivity index (χ0) is 15.6. The summed E-state index contributed by atoms with van der Waals surface area (Å²) >= 11 is 0. The monoisotopic (exact) mass is 324 g/mol. The van der Waals surface area contributed by atoms with Gasteiger partial charge in [0.1, 0.15) is 0 Å². The van der Waals surface area contributed by atoms with Crippen molar-refractivity contribution < 1.29 is 24.2 Å². The smallest absolute Gasteiger partial charge is 0.304 e. The van der Waals surface area contributed by atoms with Crippen LogP contribution in [-0.4, -0.2) is 13.2 Å². The van der Waals surface area contributed by atoms with Gasteiger partial charge in [-0.25, -0.2) is 0 Å². The van der Waals surface area contributed by atoms with Crippen molar-refractivity contribution in [2.45, 2.75) is 58.3 Å². The molecule has 0 aliphatic rings.